The topological polar surface area (TPSA) is 41.6 Å². The number of hydrogen-bond acceptors (Lipinski definition) is 3. The van der Waals surface area contributed by atoms with Crippen LogP contribution in [0, 0.1) is 0 Å². The summed E-state index contributed by atoms with van der Waals surface area (Å²) in [5.41, 5.74) is -0.623. The highest BCUT2D eigenvalue weighted by Gasteiger charge is 2.38. The van der Waals surface area contributed by atoms with Crippen LogP contribution in [0.4, 0.5) is 23.7 Å². The minimum atomic E-state index is -4.36. The van der Waals surface area contributed by atoms with Crippen molar-refractivity contribution in [3.8, 4) is 0 Å². The van der Waals surface area contributed by atoms with Gasteiger partial charge in [0.25, 0.3) is 0 Å². The third kappa shape index (κ3) is 4.57. The van der Waals surface area contributed by atoms with Gasteiger partial charge in [0.05, 0.1) is 11.3 Å². The van der Waals surface area contributed by atoms with Gasteiger partial charge in [-0.3, -0.25) is 0 Å². The minimum absolute atomic E-state index is 0.0500. The number of benzene rings is 1. The minimum Gasteiger partial charge on any atom is -0.444 e. The number of anilines is 1. The first kappa shape index (κ1) is 19.8. The molecule has 0 saturated carbocycles. The molecule has 25 heavy (non-hydrogen) atoms. The molecule has 0 bridgehead atoms. The third-order valence-corrected chi connectivity index (χ3v) is 6.46. The largest absolute Gasteiger partial charge is 0.444 e. The summed E-state index contributed by atoms with van der Waals surface area (Å²) < 4.78 is 44.3. The number of carbonyl (C=O) groups excluding carboxylic acids is 1. The van der Waals surface area contributed by atoms with Crippen LogP contribution in [-0.4, -0.2) is 37.2 Å². The van der Waals surface area contributed by atoms with Crippen LogP contribution in [0.3, 0.4) is 0 Å². The number of fused-ring (bicyclic) bond motifs is 1. The lowest BCUT2D eigenvalue weighted by Crippen LogP contribution is -2.42. The quantitative estimate of drug-likeness (QED) is 0.807. The number of alkyl halides is 3. The number of amides is 1. The number of rotatable bonds is 3. The van der Waals surface area contributed by atoms with Crippen LogP contribution in [-0.2, 0) is 10.9 Å². The molecule has 1 aliphatic rings. The summed E-state index contributed by atoms with van der Waals surface area (Å²) in [7, 11) is -0.713. The first-order valence-corrected chi connectivity index (χ1v) is 9.97. The number of hydrogen-bond donors (Lipinski definition) is 1. The Bertz CT molecular complexity index is 644. The molecule has 0 aliphatic carbocycles. The predicted octanol–water partition coefficient (Wildman–Crippen LogP) is 4.13. The molecule has 0 fully saturated rings. The van der Waals surface area contributed by atoms with Gasteiger partial charge < -0.3 is 15.0 Å². The number of halogens is 3. The molecule has 2 unspecified atom stereocenters. The van der Waals surface area contributed by atoms with E-state index in [4.69, 9.17) is 4.74 Å². The normalized spacial score (nSPS) is 20.4. The molecule has 8 heteroatoms. The number of likely N-dealkylation sites (N-methyl/N-ethyl adjacent to an activating group) is 1. The highest BCUT2D eigenvalue weighted by molar-refractivity contribution is 7.66. The number of carbonyl (C=O) groups is 1. The smallest absolute Gasteiger partial charge is 0.416 e. The van der Waals surface area contributed by atoms with Crippen LogP contribution in [0.1, 0.15) is 33.3 Å². The van der Waals surface area contributed by atoms with E-state index in [0.29, 0.717) is 18.8 Å². The molecular weight excluding hydrogens is 352 g/mol. The zero-order valence-electron chi connectivity index (χ0n) is 15.1. The summed E-state index contributed by atoms with van der Waals surface area (Å²) in [5, 5.41) is 3.68. The predicted molar refractivity (Wildman–Crippen MR) is 95.0 cm³/mol. The van der Waals surface area contributed by atoms with Crippen LogP contribution in [0.2, 0.25) is 0 Å². The first-order valence-electron chi connectivity index (χ1n) is 8.11. The molecule has 2 atom stereocenters. The second-order valence-electron chi connectivity index (χ2n) is 6.96. The van der Waals surface area contributed by atoms with Gasteiger partial charge in [-0.25, -0.2) is 4.79 Å². The fourth-order valence-corrected chi connectivity index (χ4v) is 5.13. The highest BCUT2D eigenvalue weighted by Crippen LogP contribution is 2.49. The highest BCUT2D eigenvalue weighted by atomic mass is 31.1. The van der Waals surface area contributed by atoms with E-state index < -0.39 is 31.4 Å². The van der Waals surface area contributed by atoms with Gasteiger partial charge in [-0.15, -0.1) is 0 Å². The number of alkyl carbamates (subject to hydrolysis) is 1. The van der Waals surface area contributed by atoms with Crippen molar-refractivity contribution in [1.29, 1.82) is 0 Å². The van der Waals surface area contributed by atoms with Crippen molar-refractivity contribution in [2.45, 2.75) is 45.3 Å². The van der Waals surface area contributed by atoms with Gasteiger partial charge in [0, 0.05) is 24.1 Å². The second-order valence-corrected chi connectivity index (χ2v) is 9.26. The molecule has 0 spiro atoms. The Kier molecular flexibility index (Phi) is 5.57. The van der Waals surface area contributed by atoms with E-state index in [1.54, 1.807) is 26.8 Å². The summed E-state index contributed by atoms with van der Waals surface area (Å²) >= 11 is 0. The Balaban J connectivity index is 2.17. The first-order chi connectivity index (χ1) is 11.4. The third-order valence-electron chi connectivity index (χ3n) is 3.97. The van der Waals surface area contributed by atoms with Crippen molar-refractivity contribution in [2.75, 3.05) is 24.7 Å². The Morgan fingerprint density at radius 2 is 1.96 bits per heavy atom. The maximum atomic E-state index is 13.0. The van der Waals surface area contributed by atoms with Gasteiger partial charge in [0.15, 0.2) is 0 Å². The van der Waals surface area contributed by atoms with Crippen LogP contribution in [0.5, 0.6) is 0 Å². The fourth-order valence-electron chi connectivity index (χ4n) is 2.88. The summed E-state index contributed by atoms with van der Waals surface area (Å²) in [6, 6.07) is 3.92. The Labute approximate surface area is 147 Å². The summed E-state index contributed by atoms with van der Waals surface area (Å²) in [6.45, 7) is 10.2. The summed E-state index contributed by atoms with van der Waals surface area (Å²) in [5.74, 6) is -0.0500. The van der Waals surface area contributed by atoms with Gasteiger partial charge in [-0.05, 0) is 46.5 Å². The Morgan fingerprint density at radius 3 is 2.48 bits per heavy atom. The molecule has 1 aromatic carbocycles. The van der Waals surface area contributed by atoms with E-state index in [0.717, 1.165) is 11.4 Å². The lowest BCUT2D eigenvalue weighted by molar-refractivity contribution is -0.137. The standard InChI is InChI=1S/C17H24F3N2O2P/c1-6-22-12-9-11(17(18,19)20)7-8-13(12)25(5)14(22)10-21-15(23)24-16(2,3)4/h7-9,14H,6,10H2,1-5H3,(H,21,23). The molecule has 1 heterocycles. The number of nitrogens with one attached hydrogen (secondary N) is 1. The average Bonchev–Trinajstić information content (AvgIpc) is 2.74. The van der Waals surface area contributed by atoms with Crippen molar-refractivity contribution >= 4 is 25.0 Å². The zero-order chi connectivity index (χ0) is 19.0. The van der Waals surface area contributed by atoms with Crippen molar-refractivity contribution in [1.82, 2.24) is 5.32 Å². The SMILES string of the molecule is CCN1c2cc(C(F)(F)F)ccc2P(C)C1CNC(=O)OC(C)(C)C. The Morgan fingerprint density at radius 1 is 1.32 bits per heavy atom. The van der Waals surface area contributed by atoms with Crippen molar-refractivity contribution in [2.24, 2.45) is 0 Å². The van der Waals surface area contributed by atoms with Crippen LogP contribution < -0.4 is 15.5 Å². The van der Waals surface area contributed by atoms with Gasteiger partial charge in [0.1, 0.15) is 5.60 Å². The van der Waals surface area contributed by atoms with Crippen molar-refractivity contribution < 1.29 is 22.7 Å². The van der Waals surface area contributed by atoms with E-state index in [-0.39, 0.29) is 5.78 Å². The second kappa shape index (κ2) is 7.02. The lowest BCUT2D eigenvalue weighted by atomic mass is 10.2. The molecule has 0 aromatic heterocycles. The van der Waals surface area contributed by atoms with Gasteiger partial charge in [0.2, 0.25) is 0 Å². The number of nitrogens with zero attached hydrogens (tertiary/aromatic N) is 1. The fraction of sp³-hybridized carbons (Fsp3) is 0.588. The number of ether oxygens (including phenoxy) is 1. The summed E-state index contributed by atoms with van der Waals surface area (Å²) in [4.78, 5) is 13.8. The monoisotopic (exact) mass is 376 g/mol. The van der Waals surface area contributed by atoms with E-state index in [2.05, 4.69) is 5.32 Å². The van der Waals surface area contributed by atoms with E-state index >= 15 is 0 Å². The average molecular weight is 376 g/mol. The van der Waals surface area contributed by atoms with E-state index in [9.17, 15) is 18.0 Å². The molecule has 2 rings (SSSR count). The van der Waals surface area contributed by atoms with E-state index in [1.165, 1.54) is 6.07 Å². The molecule has 1 aromatic rings. The van der Waals surface area contributed by atoms with Crippen molar-refractivity contribution in [3.05, 3.63) is 23.8 Å². The molecule has 140 valence electrons. The molecule has 0 radical (unpaired) electrons. The lowest BCUT2D eigenvalue weighted by Gasteiger charge is -2.29. The van der Waals surface area contributed by atoms with Crippen LogP contribution >= 0.6 is 7.92 Å². The molecule has 1 amide bonds. The van der Waals surface area contributed by atoms with Crippen molar-refractivity contribution in [3.63, 3.8) is 0 Å². The Hall–Kier alpha value is -1.49. The maximum Gasteiger partial charge on any atom is 0.416 e. The molecule has 0 saturated heterocycles. The van der Waals surface area contributed by atoms with Crippen LogP contribution in [0.15, 0.2) is 18.2 Å². The molecular formula is C17H24F3N2O2P. The van der Waals surface area contributed by atoms with Crippen LogP contribution in [0.25, 0.3) is 0 Å². The van der Waals surface area contributed by atoms with E-state index in [1.807, 2.05) is 18.5 Å². The molecule has 4 nitrogen and oxygen atoms in total. The molecule has 1 N–H and O–H groups in total. The maximum absolute atomic E-state index is 13.0. The van der Waals surface area contributed by atoms with Gasteiger partial charge in [-0.2, -0.15) is 13.2 Å². The molecule has 1 aliphatic heterocycles. The van der Waals surface area contributed by atoms with Gasteiger partial charge >= 0.3 is 12.3 Å². The van der Waals surface area contributed by atoms with Gasteiger partial charge in [-0.1, -0.05) is 14.0 Å². The zero-order valence-corrected chi connectivity index (χ0v) is 16.0. The summed E-state index contributed by atoms with van der Waals surface area (Å²) in [6.07, 6.45) is -4.88.